The van der Waals surface area contributed by atoms with E-state index in [9.17, 15) is 8.42 Å². The van der Waals surface area contributed by atoms with Crippen molar-refractivity contribution in [1.29, 1.82) is 0 Å². The van der Waals surface area contributed by atoms with Crippen LogP contribution in [-0.4, -0.2) is 20.7 Å². The standard InChI is InChI=1S/C13H16N2O4S/c1-4-10-8-11(5-6-12(10)18-3)20(16,17)15-13-7-9(2)19-14-13/h5-8H,4H2,1-3H3,(H,14,15). The molecule has 1 heterocycles. The molecule has 0 saturated carbocycles. The maximum atomic E-state index is 12.2. The Morgan fingerprint density at radius 3 is 2.65 bits per heavy atom. The van der Waals surface area contributed by atoms with Crippen LogP contribution >= 0.6 is 0 Å². The van der Waals surface area contributed by atoms with Crippen LogP contribution in [0.4, 0.5) is 5.82 Å². The van der Waals surface area contributed by atoms with E-state index < -0.39 is 10.0 Å². The molecular formula is C13H16N2O4S. The van der Waals surface area contributed by atoms with Gasteiger partial charge in [-0.2, -0.15) is 0 Å². The molecule has 0 aliphatic carbocycles. The van der Waals surface area contributed by atoms with E-state index in [4.69, 9.17) is 9.26 Å². The van der Waals surface area contributed by atoms with E-state index in [1.54, 1.807) is 26.2 Å². The van der Waals surface area contributed by atoms with Gasteiger partial charge in [-0.1, -0.05) is 12.1 Å². The van der Waals surface area contributed by atoms with Gasteiger partial charge in [0.2, 0.25) is 0 Å². The summed E-state index contributed by atoms with van der Waals surface area (Å²) in [7, 11) is -2.13. The van der Waals surface area contributed by atoms with Crippen LogP contribution in [-0.2, 0) is 16.4 Å². The van der Waals surface area contributed by atoms with Gasteiger partial charge >= 0.3 is 0 Å². The third-order valence-electron chi connectivity index (χ3n) is 2.81. The van der Waals surface area contributed by atoms with Crippen molar-refractivity contribution in [2.75, 3.05) is 11.8 Å². The molecule has 0 saturated heterocycles. The monoisotopic (exact) mass is 296 g/mol. The number of aromatic nitrogens is 1. The van der Waals surface area contributed by atoms with Crippen molar-refractivity contribution in [2.45, 2.75) is 25.2 Å². The minimum absolute atomic E-state index is 0.163. The zero-order chi connectivity index (χ0) is 14.8. The maximum absolute atomic E-state index is 12.2. The predicted molar refractivity (Wildman–Crippen MR) is 74.4 cm³/mol. The molecule has 2 aromatic rings. The fourth-order valence-electron chi connectivity index (χ4n) is 1.81. The first-order valence-corrected chi connectivity index (χ1v) is 7.57. The highest BCUT2D eigenvalue weighted by molar-refractivity contribution is 7.92. The number of nitrogens with one attached hydrogen (secondary N) is 1. The van der Waals surface area contributed by atoms with Crippen LogP contribution in [0.1, 0.15) is 18.2 Å². The summed E-state index contributed by atoms with van der Waals surface area (Å²) in [5.74, 6) is 1.37. The van der Waals surface area contributed by atoms with E-state index >= 15 is 0 Å². The van der Waals surface area contributed by atoms with Gasteiger partial charge in [0, 0.05) is 6.07 Å². The number of methoxy groups -OCH3 is 1. The SMILES string of the molecule is CCc1cc(S(=O)(=O)Nc2cc(C)on2)ccc1OC. The van der Waals surface area contributed by atoms with Gasteiger partial charge in [-0.25, -0.2) is 8.42 Å². The molecule has 0 radical (unpaired) electrons. The number of nitrogens with zero attached hydrogens (tertiary/aromatic N) is 1. The van der Waals surface area contributed by atoms with Crippen molar-refractivity contribution >= 4 is 15.8 Å². The summed E-state index contributed by atoms with van der Waals surface area (Å²) in [6.07, 6.45) is 0.676. The molecule has 0 spiro atoms. The Labute approximate surface area is 117 Å². The minimum Gasteiger partial charge on any atom is -0.496 e. The highest BCUT2D eigenvalue weighted by Gasteiger charge is 2.17. The molecule has 6 nitrogen and oxygen atoms in total. The average Bonchev–Trinajstić information content (AvgIpc) is 2.82. The quantitative estimate of drug-likeness (QED) is 0.916. The second kappa shape index (κ2) is 5.54. The first-order chi connectivity index (χ1) is 9.46. The molecule has 0 aliphatic rings. The van der Waals surface area contributed by atoms with Crippen LogP contribution in [0, 0.1) is 6.92 Å². The van der Waals surface area contributed by atoms with Gasteiger partial charge in [0.25, 0.3) is 10.0 Å². The lowest BCUT2D eigenvalue weighted by Gasteiger charge is -2.10. The zero-order valence-corrected chi connectivity index (χ0v) is 12.3. The van der Waals surface area contributed by atoms with Crippen LogP contribution in [0.25, 0.3) is 0 Å². The van der Waals surface area contributed by atoms with Gasteiger partial charge in [-0.15, -0.1) is 0 Å². The highest BCUT2D eigenvalue weighted by atomic mass is 32.2. The van der Waals surface area contributed by atoms with Crippen molar-refractivity contribution < 1.29 is 17.7 Å². The molecule has 0 amide bonds. The van der Waals surface area contributed by atoms with Gasteiger partial charge in [-0.05, 0) is 37.1 Å². The van der Waals surface area contributed by atoms with E-state index in [1.165, 1.54) is 12.1 Å². The number of ether oxygens (including phenoxy) is 1. The van der Waals surface area contributed by atoms with Gasteiger partial charge in [0.15, 0.2) is 5.82 Å². The van der Waals surface area contributed by atoms with Crippen LogP contribution in [0.2, 0.25) is 0 Å². The summed E-state index contributed by atoms with van der Waals surface area (Å²) in [4.78, 5) is 0.163. The number of rotatable bonds is 5. The predicted octanol–water partition coefficient (Wildman–Crippen LogP) is 2.35. The first kappa shape index (κ1) is 14.4. The van der Waals surface area contributed by atoms with Crippen molar-refractivity contribution in [3.8, 4) is 5.75 Å². The molecule has 20 heavy (non-hydrogen) atoms. The topological polar surface area (TPSA) is 81.4 Å². The average molecular weight is 296 g/mol. The Balaban J connectivity index is 2.34. The number of sulfonamides is 1. The van der Waals surface area contributed by atoms with Crippen molar-refractivity contribution in [3.63, 3.8) is 0 Å². The lowest BCUT2D eigenvalue weighted by molar-refractivity contribution is 0.400. The Hall–Kier alpha value is -2.02. The molecule has 2 rings (SSSR count). The molecule has 108 valence electrons. The zero-order valence-electron chi connectivity index (χ0n) is 11.5. The molecule has 0 aliphatic heterocycles. The molecule has 0 bridgehead atoms. The minimum atomic E-state index is -3.69. The first-order valence-electron chi connectivity index (χ1n) is 6.09. The van der Waals surface area contributed by atoms with Crippen LogP contribution in [0.15, 0.2) is 33.7 Å². The molecule has 1 aromatic carbocycles. The Morgan fingerprint density at radius 2 is 2.10 bits per heavy atom. The van der Waals surface area contributed by atoms with Crippen molar-refractivity contribution in [2.24, 2.45) is 0 Å². The number of benzene rings is 1. The molecule has 1 N–H and O–H groups in total. The lowest BCUT2D eigenvalue weighted by atomic mass is 10.1. The molecule has 7 heteroatoms. The van der Waals surface area contributed by atoms with E-state index in [0.717, 1.165) is 5.56 Å². The van der Waals surface area contributed by atoms with Crippen LogP contribution in [0.3, 0.4) is 0 Å². The normalized spacial score (nSPS) is 11.3. The number of hydrogen-bond acceptors (Lipinski definition) is 5. The molecule has 0 fully saturated rings. The van der Waals surface area contributed by atoms with Crippen molar-refractivity contribution in [3.05, 3.63) is 35.6 Å². The summed E-state index contributed by atoms with van der Waals surface area (Å²) in [5, 5.41) is 3.61. The van der Waals surface area contributed by atoms with Crippen LogP contribution in [0.5, 0.6) is 5.75 Å². The summed E-state index contributed by atoms with van der Waals surface area (Å²) >= 11 is 0. The fraction of sp³-hybridized carbons (Fsp3) is 0.308. The number of anilines is 1. The molecule has 1 aromatic heterocycles. The Morgan fingerprint density at radius 1 is 1.35 bits per heavy atom. The van der Waals surface area contributed by atoms with Gasteiger partial charge in [0.1, 0.15) is 11.5 Å². The van der Waals surface area contributed by atoms with E-state index in [2.05, 4.69) is 9.88 Å². The fourth-order valence-corrected chi connectivity index (χ4v) is 2.84. The smallest absolute Gasteiger partial charge is 0.263 e. The summed E-state index contributed by atoms with van der Waals surface area (Å²) in [5.41, 5.74) is 0.826. The summed E-state index contributed by atoms with van der Waals surface area (Å²) < 4.78 is 36.9. The molecule has 0 unspecified atom stereocenters. The van der Waals surface area contributed by atoms with Crippen LogP contribution < -0.4 is 9.46 Å². The molecular weight excluding hydrogens is 280 g/mol. The molecule has 0 atom stereocenters. The Bertz CT molecular complexity index is 707. The van der Waals surface area contributed by atoms with E-state index in [0.29, 0.717) is 17.9 Å². The lowest BCUT2D eigenvalue weighted by Crippen LogP contribution is -2.13. The van der Waals surface area contributed by atoms with Gasteiger partial charge in [0.05, 0.1) is 12.0 Å². The van der Waals surface area contributed by atoms with E-state index in [1.807, 2.05) is 6.92 Å². The maximum Gasteiger partial charge on any atom is 0.263 e. The highest BCUT2D eigenvalue weighted by Crippen LogP contribution is 2.24. The second-order valence-electron chi connectivity index (χ2n) is 4.26. The van der Waals surface area contributed by atoms with Gasteiger partial charge < -0.3 is 9.26 Å². The Kier molecular flexibility index (Phi) is 3.99. The number of aryl methyl sites for hydroxylation is 2. The summed E-state index contributed by atoms with van der Waals surface area (Å²) in [6, 6.07) is 6.24. The van der Waals surface area contributed by atoms with E-state index in [-0.39, 0.29) is 10.7 Å². The third-order valence-corrected chi connectivity index (χ3v) is 4.16. The van der Waals surface area contributed by atoms with Crippen molar-refractivity contribution in [1.82, 2.24) is 5.16 Å². The largest absolute Gasteiger partial charge is 0.496 e. The second-order valence-corrected chi connectivity index (χ2v) is 5.94. The third kappa shape index (κ3) is 2.93. The summed E-state index contributed by atoms with van der Waals surface area (Å²) in [6.45, 7) is 3.62. The van der Waals surface area contributed by atoms with Gasteiger partial charge in [-0.3, -0.25) is 4.72 Å². The number of hydrogen-bond donors (Lipinski definition) is 1.